The predicted octanol–water partition coefficient (Wildman–Crippen LogP) is 1.18. The number of hydrazone groups is 1. The molecule has 8 heteroatoms. The van der Waals surface area contributed by atoms with Crippen molar-refractivity contribution >= 4 is 29.1 Å². The number of para-hydroxylation sites is 1. The summed E-state index contributed by atoms with van der Waals surface area (Å²) >= 11 is 0. The Morgan fingerprint density at radius 1 is 1.12 bits per heavy atom. The van der Waals surface area contributed by atoms with Crippen LogP contribution in [0, 0.1) is 5.41 Å². The number of nitrogens with zero attached hydrogens (tertiary/aromatic N) is 3. The second-order valence-electron chi connectivity index (χ2n) is 5.45. The smallest absolute Gasteiger partial charge is 0.236 e. The van der Waals surface area contributed by atoms with E-state index in [2.05, 4.69) is 10.1 Å². The Bertz CT molecular complexity index is 815. The first kappa shape index (κ1) is 16.8. The molecule has 3 rings (SSSR count). The monoisotopic (exact) mass is 338 g/mol. The van der Waals surface area contributed by atoms with Gasteiger partial charge in [-0.05, 0) is 36.4 Å². The number of anilines is 1. The van der Waals surface area contributed by atoms with E-state index < -0.39 is 12.5 Å². The van der Waals surface area contributed by atoms with Crippen LogP contribution in [-0.4, -0.2) is 35.3 Å². The number of hydrogen-bond acceptors (Lipinski definition) is 7. The summed E-state index contributed by atoms with van der Waals surface area (Å²) in [6.45, 7) is -0.514. The number of hydrogen-bond donors (Lipinski definition) is 4. The van der Waals surface area contributed by atoms with Gasteiger partial charge in [0.15, 0.2) is 5.84 Å². The minimum atomic E-state index is -1.64. The molecule has 0 fully saturated rings. The molecule has 1 aliphatic rings. The molecule has 2 aromatic carbocycles. The Balaban J connectivity index is 1.74. The van der Waals surface area contributed by atoms with Crippen molar-refractivity contribution in [3.8, 4) is 5.75 Å². The van der Waals surface area contributed by atoms with Gasteiger partial charge in [0.05, 0.1) is 17.6 Å². The average molecular weight is 338 g/mol. The molecule has 0 unspecified atom stereocenters. The van der Waals surface area contributed by atoms with Gasteiger partial charge in [0, 0.05) is 0 Å². The Kier molecular flexibility index (Phi) is 4.57. The van der Waals surface area contributed by atoms with Gasteiger partial charge in [0.2, 0.25) is 5.85 Å². The largest absolute Gasteiger partial charge is 0.458 e. The number of nitrogens with one attached hydrogen (secondary N) is 1. The maximum atomic E-state index is 9.01. The SMILES string of the molecule is N=C1C(=Nc2ccc(OC(N)(N)CO)cc2)C=NN1c1ccccc1. The Morgan fingerprint density at radius 3 is 2.44 bits per heavy atom. The lowest BCUT2D eigenvalue weighted by Gasteiger charge is -2.23. The van der Waals surface area contributed by atoms with E-state index in [1.165, 1.54) is 11.2 Å². The van der Waals surface area contributed by atoms with Crippen LogP contribution in [0.3, 0.4) is 0 Å². The molecule has 6 N–H and O–H groups in total. The number of aliphatic hydroxyl groups excluding tert-OH is 1. The van der Waals surface area contributed by atoms with E-state index in [9.17, 15) is 0 Å². The first-order valence-corrected chi connectivity index (χ1v) is 7.53. The zero-order chi connectivity index (χ0) is 17.9. The van der Waals surface area contributed by atoms with Crippen LogP contribution >= 0.6 is 0 Å². The molecule has 25 heavy (non-hydrogen) atoms. The van der Waals surface area contributed by atoms with Crippen LogP contribution in [0.15, 0.2) is 64.7 Å². The van der Waals surface area contributed by atoms with Gasteiger partial charge in [-0.3, -0.25) is 16.9 Å². The first-order valence-electron chi connectivity index (χ1n) is 7.53. The summed E-state index contributed by atoms with van der Waals surface area (Å²) in [5.74, 6) is -1.04. The van der Waals surface area contributed by atoms with Crippen molar-refractivity contribution in [3.05, 3.63) is 54.6 Å². The summed E-state index contributed by atoms with van der Waals surface area (Å²) in [6.07, 6.45) is 1.54. The second-order valence-corrected chi connectivity index (χ2v) is 5.45. The van der Waals surface area contributed by atoms with Crippen molar-refractivity contribution in [2.75, 3.05) is 11.6 Å². The molecular weight excluding hydrogens is 320 g/mol. The zero-order valence-electron chi connectivity index (χ0n) is 13.3. The molecule has 0 spiro atoms. The van der Waals surface area contributed by atoms with Crippen LogP contribution in [0.4, 0.5) is 11.4 Å². The number of benzene rings is 2. The van der Waals surface area contributed by atoms with Crippen molar-refractivity contribution in [1.82, 2.24) is 0 Å². The lowest BCUT2D eigenvalue weighted by molar-refractivity contribution is 0.0198. The molecule has 0 atom stereocenters. The van der Waals surface area contributed by atoms with E-state index in [4.69, 9.17) is 26.7 Å². The minimum absolute atomic E-state index is 0.190. The van der Waals surface area contributed by atoms with Gasteiger partial charge in [0.1, 0.15) is 18.1 Å². The lowest BCUT2D eigenvalue weighted by Crippen LogP contribution is -2.57. The van der Waals surface area contributed by atoms with Crippen LogP contribution < -0.4 is 21.2 Å². The summed E-state index contributed by atoms with van der Waals surface area (Å²) < 4.78 is 5.25. The highest BCUT2D eigenvalue weighted by atomic mass is 16.5. The van der Waals surface area contributed by atoms with Crippen LogP contribution in [0.1, 0.15) is 0 Å². The predicted molar refractivity (Wildman–Crippen MR) is 97.5 cm³/mol. The number of aliphatic imine (C=N–C) groups is 1. The molecule has 1 aliphatic heterocycles. The van der Waals surface area contributed by atoms with Gasteiger partial charge in [-0.1, -0.05) is 18.2 Å². The van der Waals surface area contributed by atoms with Gasteiger partial charge in [-0.15, -0.1) is 0 Å². The van der Waals surface area contributed by atoms with Gasteiger partial charge >= 0.3 is 0 Å². The summed E-state index contributed by atoms with van der Waals surface area (Å²) in [5, 5.41) is 22.9. The van der Waals surface area contributed by atoms with Crippen molar-refractivity contribution in [2.45, 2.75) is 5.85 Å². The highest BCUT2D eigenvalue weighted by Crippen LogP contribution is 2.22. The third kappa shape index (κ3) is 3.89. The van der Waals surface area contributed by atoms with Crippen LogP contribution in [0.5, 0.6) is 5.75 Å². The van der Waals surface area contributed by atoms with Crippen LogP contribution in [0.2, 0.25) is 0 Å². The second kappa shape index (κ2) is 6.81. The molecular formula is C17H18N6O2. The normalized spacial score (nSPS) is 15.9. The van der Waals surface area contributed by atoms with E-state index in [1.807, 2.05) is 30.3 Å². The van der Waals surface area contributed by atoms with Crippen molar-refractivity contribution < 1.29 is 9.84 Å². The van der Waals surface area contributed by atoms with Crippen LogP contribution in [0.25, 0.3) is 0 Å². The van der Waals surface area contributed by atoms with Gasteiger partial charge in [0.25, 0.3) is 0 Å². The topological polar surface area (TPSA) is 133 Å². The Morgan fingerprint density at radius 2 is 1.80 bits per heavy atom. The molecule has 8 nitrogen and oxygen atoms in total. The first-order chi connectivity index (χ1) is 12.0. The number of ether oxygens (including phenoxy) is 1. The fraction of sp³-hybridized carbons (Fsp3) is 0.118. The molecule has 0 aromatic heterocycles. The molecule has 0 radical (unpaired) electrons. The summed E-state index contributed by atoms with van der Waals surface area (Å²) in [7, 11) is 0. The third-order valence-electron chi connectivity index (χ3n) is 3.39. The van der Waals surface area contributed by atoms with E-state index in [1.54, 1.807) is 24.3 Å². The van der Waals surface area contributed by atoms with Crippen LogP contribution in [-0.2, 0) is 0 Å². The zero-order valence-corrected chi connectivity index (χ0v) is 13.3. The Labute approximate surface area is 144 Å². The number of nitrogens with two attached hydrogens (primary N) is 2. The standard InChI is InChI=1S/C17H18N6O2/c18-16-15(10-21-23(16)13-4-2-1-3-5-13)22-12-6-8-14(9-7-12)25-17(19,20)11-24/h1-10,18,24H,11,19-20H2. The number of aliphatic hydroxyl groups is 1. The van der Waals surface area contributed by atoms with Crippen molar-refractivity contribution in [2.24, 2.45) is 21.6 Å². The van der Waals surface area contributed by atoms with E-state index in [-0.39, 0.29) is 5.84 Å². The molecule has 0 amide bonds. The van der Waals surface area contributed by atoms with Gasteiger partial charge in [-0.2, -0.15) is 5.10 Å². The maximum absolute atomic E-state index is 9.01. The third-order valence-corrected chi connectivity index (χ3v) is 3.39. The van der Waals surface area contributed by atoms with E-state index in [0.717, 1.165) is 5.69 Å². The van der Waals surface area contributed by atoms with Gasteiger partial charge in [-0.25, -0.2) is 10.0 Å². The highest BCUT2D eigenvalue weighted by Gasteiger charge is 2.22. The Hall–Kier alpha value is -3.07. The van der Waals surface area contributed by atoms with Crippen molar-refractivity contribution in [1.29, 1.82) is 5.41 Å². The summed E-state index contributed by atoms with van der Waals surface area (Å²) in [4.78, 5) is 4.41. The molecule has 128 valence electrons. The highest BCUT2D eigenvalue weighted by molar-refractivity contribution is 6.67. The summed E-state index contributed by atoms with van der Waals surface area (Å²) in [5.41, 5.74) is 12.9. The lowest BCUT2D eigenvalue weighted by atomic mass is 10.2. The molecule has 0 bridgehead atoms. The fourth-order valence-electron chi connectivity index (χ4n) is 2.17. The molecule has 1 heterocycles. The van der Waals surface area contributed by atoms with E-state index >= 15 is 0 Å². The number of amidine groups is 1. The maximum Gasteiger partial charge on any atom is 0.236 e. The quantitative estimate of drug-likeness (QED) is 0.608. The molecule has 0 aliphatic carbocycles. The minimum Gasteiger partial charge on any atom is -0.458 e. The molecule has 0 saturated carbocycles. The van der Waals surface area contributed by atoms with E-state index in [0.29, 0.717) is 17.1 Å². The molecule has 0 saturated heterocycles. The fourth-order valence-corrected chi connectivity index (χ4v) is 2.17. The average Bonchev–Trinajstić information content (AvgIpc) is 2.98. The van der Waals surface area contributed by atoms with Gasteiger partial charge < -0.3 is 9.84 Å². The molecule has 2 aromatic rings. The van der Waals surface area contributed by atoms with Crippen molar-refractivity contribution in [3.63, 3.8) is 0 Å². The number of rotatable bonds is 5. The summed E-state index contributed by atoms with van der Waals surface area (Å²) in [6, 6.07) is 16.1.